The third-order valence-electron chi connectivity index (χ3n) is 4.30. The molecule has 0 spiro atoms. The van der Waals surface area contributed by atoms with Crippen LogP contribution >= 0.6 is 0 Å². The van der Waals surface area contributed by atoms with Gasteiger partial charge in [0.1, 0.15) is 6.10 Å². The summed E-state index contributed by atoms with van der Waals surface area (Å²) in [6, 6.07) is 20.5. The summed E-state index contributed by atoms with van der Waals surface area (Å²) in [5, 5.41) is 2.15. The van der Waals surface area contributed by atoms with Crippen LogP contribution in [0.3, 0.4) is 0 Å². The van der Waals surface area contributed by atoms with Gasteiger partial charge in [-0.05, 0) is 22.3 Å². The molecule has 2 aromatic carbocycles. The van der Waals surface area contributed by atoms with Gasteiger partial charge in [-0.1, -0.05) is 81.4 Å². The number of methoxy groups -OCH3 is 1. The summed E-state index contributed by atoms with van der Waals surface area (Å²) in [5.41, 5.74) is 0. The van der Waals surface area contributed by atoms with E-state index >= 15 is 0 Å². The molecule has 24 heavy (non-hydrogen) atoms. The summed E-state index contributed by atoms with van der Waals surface area (Å²) >= 11 is 0. The van der Waals surface area contributed by atoms with Crippen LogP contribution in [-0.4, -0.2) is 27.5 Å². The predicted octanol–water partition coefficient (Wildman–Crippen LogP) is 3.12. The van der Waals surface area contributed by atoms with E-state index in [1.807, 2.05) is 36.4 Å². The summed E-state index contributed by atoms with van der Waals surface area (Å²) in [6.45, 7) is 8.32. The average molecular weight is 343 g/mol. The highest BCUT2D eigenvalue weighted by Gasteiger charge is 2.51. The van der Waals surface area contributed by atoms with Crippen LogP contribution in [0.2, 0.25) is 5.04 Å². The molecule has 128 valence electrons. The van der Waals surface area contributed by atoms with E-state index < -0.39 is 14.4 Å². The van der Waals surface area contributed by atoms with E-state index in [0.717, 1.165) is 10.4 Å². The van der Waals surface area contributed by atoms with E-state index in [0.29, 0.717) is 0 Å². The van der Waals surface area contributed by atoms with E-state index in [2.05, 4.69) is 45.0 Å². The van der Waals surface area contributed by atoms with Gasteiger partial charge in [0.2, 0.25) is 0 Å². The van der Waals surface area contributed by atoms with Crippen LogP contribution in [0.4, 0.5) is 0 Å². The number of esters is 1. The van der Waals surface area contributed by atoms with Crippen LogP contribution in [-0.2, 0) is 14.0 Å². The Bertz CT molecular complexity index is 623. The zero-order chi connectivity index (χ0) is 17.8. The largest absolute Gasteiger partial charge is 0.467 e. The van der Waals surface area contributed by atoms with Gasteiger partial charge in [-0.25, -0.2) is 4.79 Å². The molecule has 3 nitrogen and oxygen atoms in total. The summed E-state index contributed by atoms with van der Waals surface area (Å²) in [5.74, 6) is -0.344. The molecule has 0 N–H and O–H groups in total. The second-order valence-corrected chi connectivity index (χ2v) is 11.2. The maximum absolute atomic E-state index is 12.1. The molecule has 0 aliphatic heterocycles. The third kappa shape index (κ3) is 3.45. The molecule has 0 radical (unpaired) electrons. The lowest BCUT2D eigenvalue weighted by molar-refractivity contribution is -0.148. The number of hydrogen-bond donors (Lipinski definition) is 0. The SMILES string of the molecule is COC(=O)C(C)O[Si](c1ccccc1)(c1ccccc1)C(C)(C)C. The van der Waals surface area contributed by atoms with Crippen molar-refractivity contribution in [3.05, 3.63) is 60.7 Å². The lowest BCUT2D eigenvalue weighted by atomic mass is 10.2. The van der Waals surface area contributed by atoms with Gasteiger partial charge in [0.25, 0.3) is 8.32 Å². The molecule has 0 aliphatic carbocycles. The highest BCUT2D eigenvalue weighted by molar-refractivity contribution is 6.99. The molecular weight excluding hydrogens is 316 g/mol. The molecule has 2 aromatic rings. The van der Waals surface area contributed by atoms with Crippen molar-refractivity contribution in [3.63, 3.8) is 0 Å². The van der Waals surface area contributed by atoms with Crippen molar-refractivity contribution in [3.8, 4) is 0 Å². The molecule has 0 amide bonds. The van der Waals surface area contributed by atoms with Crippen LogP contribution in [0.15, 0.2) is 60.7 Å². The standard InChI is InChI=1S/C20H26O3Si/c1-16(19(21)22-5)23-24(20(2,3)4,17-12-8-6-9-13-17)18-14-10-7-11-15-18/h6-16H,1-5H3. The summed E-state index contributed by atoms with van der Waals surface area (Å²) in [6.07, 6.45) is -0.624. The van der Waals surface area contributed by atoms with Crippen LogP contribution in [0, 0.1) is 0 Å². The topological polar surface area (TPSA) is 35.5 Å². The second kappa shape index (κ2) is 7.32. The number of hydrogen-bond acceptors (Lipinski definition) is 3. The van der Waals surface area contributed by atoms with Gasteiger partial charge in [-0.2, -0.15) is 0 Å². The van der Waals surface area contributed by atoms with Gasteiger partial charge < -0.3 is 9.16 Å². The monoisotopic (exact) mass is 342 g/mol. The van der Waals surface area contributed by atoms with Gasteiger partial charge in [0.05, 0.1) is 7.11 Å². The van der Waals surface area contributed by atoms with Crippen LogP contribution in [0.5, 0.6) is 0 Å². The first-order chi connectivity index (χ1) is 11.3. The van der Waals surface area contributed by atoms with Crippen molar-refractivity contribution in [1.82, 2.24) is 0 Å². The van der Waals surface area contributed by atoms with E-state index in [1.54, 1.807) is 6.92 Å². The molecule has 0 aromatic heterocycles. The van der Waals surface area contributed by atoms with Gasteiger partial charge >= 0.3 is 5.97 Å². The molecule has 0 saturated heterocycles. The first-order valence-electron chi connectivity index (χ1n) is 8.19. The van der Waals surface area contributed by atoms with E-state index in [4.69, 9.17) is 9.16 Å². The minimum Gasteiger partial charge on any atom is -0.467 e. The predicted molar refractivity (Wildman–Crippen MR) is 100 cm³/mol. The summed E-state index contributed by atoms with van der Waals surface area (Å²) in [4.78, 5) is 12.1. The Morgan fingerprint density at radius 2 is 1.33 bits per heavy atom. The summed E-state index contributed by atoms with van der Waals surface area (Å²) in [7, 11) is -1.30. The Labute approximate surface area is 145 Å². The molecular formula is C20H26O3Si. The number of carbonyl (C=O) groups excluding carboxylic acids is 1. The van der Waals surface area contributed by atoms with Crippen molar-refractivity contribution in [2.45, 2.75) is 38.8 Å². The van der Waals surface area contributed by atoms with Crippen molar-refractivity contribution < 1.29 is 14.0 Å². The Morgan fingerprint density at radius 1 is 0.917 bits per heavy atom. The Hall–Kier alpha value is -1.91. The number of rotatable bonds is 5. The minimum atomic E-state index is -2.69. The minimum absolute atomic E-state index is 0.155. The number of carbonyl (C=O) groups is 1. The summed E-state index contributed by atoms with van der Waals surface area (Å²) < 4.78 is 11.5. The number of benzene rings is 2. The van der Waals surface area contributed by atoms with Gasteiger partial charge in [-0.15, -0.1) is 0 Å². The first kappa shape index (κ1) is 18.4. The molecule has 0 fully saturated rings. The Kier molecular flexibility index (Phi) is 5.62. The quantitative estimate of drug-likeness (QED) is 0.619. The van der Waals surface area contributed by atoms with Gasteiger partial charge in [0, 0.05) is 0 Å². The van der Waals surface area contributed by atoms with E-state index in [-0.39, 0.29) is 11.0 Å². The Morgan fingerprint density at radius 3 is 1.67 bits per heavy atom. The fraction of sp³-hybridized carbons (Fsp3) is 0.350. The number of ether oxygens (including phenoxy) is 1. The van der Waals surface area contributed by atoms with E-state index in [9.17, 15) is 4.79 Å². The smallest absolute Gasteiger partial charge is 0.333 e. The van der Waals surface area contributed by atoms with Crippen molar-refractivity contribution >= 4 is 24.7 Å². The first-order valence-corrected chi connectivity index (χ1v) is 10.1. The van der Waals surface area contributed by atoms with Crippen LogP contribution in [0.1, 0.15) is 27.7 Å². The van der Waals surface area contributed by atoms with Crippen LogP contribution in [0.25, 0.3) is 0 Å². The van der Waals surface area contributed by atoms with Crippen LogP contribution < -0.4 is 10.4 Å². The highest BCUT2D eigenvalue weighted by Crippen LogP contribution is 2.37. The van der Waals surface area contributed by atoms with Crippen molar-refractivity contribution in [1.29, 1.82) is 0 Å². The molecule has 1 atom stereocenters. The molecule has 0 aliphatic rings. The second-order valence-electron chi connectivity index (χ2n) is 6.95. The maximum Gasteiger partial charge on any atom is 0.333 e. The Balaban J connectivity index is 2.68. The van der Waals surface area contributed by atoms with Crippen molar-refractivity contribution in [2.75, 3.05) is 7.11 Å². The molecule has 0 heterocycles. The molecule has 4 heteroatoms. The molecule has 2 rings (SSSR count). The zero-order valence-electron chi connectivity index (χ0n) is 15.1. The van der Waals surface area contributed by atoms with Gasteiger partial charge in [-0.3, -0.25) is 0 Å². The molecule has 0 saturated carbocycles. The lowest BCUT2D eigenvalue weighted by Gasteiger charge is -2.44. The maximum atomic E-state index is 12.1. The van der Waals surface area contributed by atoms with E-state index in [1.165, 1.54) is 7.11 Å². The molecule has 0 bridgehead atoms. The average Bonchev–Trinajstić information content (AvgIpc) is 2.59. The fourth-order valence-corrected chi connectivity index (χ4v) is 7.81. The zero-order valence-corrected chi connectivity index (χ0v) is 16.1. The normalized spacial score (nSPS) is 13.4. The highest BCUT2D eigenvalue weighted by atomic mass is 28.4. The third-order valence-corrected chi connectivity index (χ3v) is 9.42. The van der Waals surface area contributed by atoms with Crippen molar-refractivity contribution in [2.24, 2.45) is 0 Å². The molecule has 1 unspecified atom stereocenters. The van der Waals surface area contributed by atoms with Gasteiger partial charge in [0.15, 0.2) is 0 Å². The fourth-order valence-electron chi connectivity index (χ4n) is 3.17. The lowest BCUT2D eigenvalue weighted by Crippen LogP contribution is -2.68.